The van der Waals surface area contributed by atoms with Gasteiger partial charge in [0, 0.05) is 51.6 Å². The molecule has 0 bridgehead atoms. The van der Waals surface area contributed by atoms with E-state index in [0.717, 1.165) is 6.42 Å². The minimum atomic E-state index is -0.0386. The fourth-order valence-corrected chi connectivity index (χ4v) is 9.32. The molecule has 2 nitrogen and oxygen atoms in total. The molecule has 220 valence electrons. The molecule has 1 unspecified atom stereocenters. The lowest BCUT2D eigenvalue weighted by molar-refractivity contribution is 0.660. The maximum absolute atomic E-state index is 2.61. The summed E-state index contributed by atoms with van der Waals surface area (Å²) in [6.07, 6.45) is 8.28. The maximum Gasteiger partial charge on any atom is 0.252 e. The third-order valence-electron chi connectivity index (χ3n) is 11.3. The summed E-state index contributed by atoms with van der Waals surface area (Å²) in [5.74, 6) is 0.502. The Morgan fingerprint density at radius 3 is 2.37 bits per heavy atom. The van der Waals surface area contributed by atoms with E-state index in [-0.39, 0.29) is 12.1 Å². The van der Waals surface area contributed by atoms with Crippen molar-refractivity contribution in [1.29, 1.82) is 0 Å². The molecule has 0 N–H and O–H groups in total. The second-order valence-corrected chi connectivity index (χ2v) is 14.2. The molecule has 6 aromatic rings. The molecule has 2 aliphatic carbocycles. The number of nitrogens with zero attached hydrogens (tertiary/aromatic N) is 2. The largest absolute Gasteiger partial charge is 0.345 e. The highest BCUT2D eigenvalue weighted by Crippen LogP contribution is 2.53. The standard InChI is InChI=1S/C43H35BN2/c1-26-13-10-16-28(25-26)40-37(27-14-6-5-7-15-27)30-18-11-20-33-41(30)46(40)36-22-12-21-35-39(36)44(33)34-24-23-32-38(42(34)45(35)4)29-17-8-9-19-31(29)43(32,2)3/h5-12,14-26H,13H2,1-4H3. The van der Waals surface area contributed by atoms with Crippen molar-refractivity contribution in [3.63, 3.8) is 0 Å². The zero-order chi connectivity index (χ0) is 30.9. The van der Waals surface area contributed by atoms with Gasteiger partial charge < -0.3 is 9.47 Å². The van der Waals surface area contributed by atoms with Crippen LogP contribution < -0.4 is 21.3 Å². The molecule has 10 rings (SSSR count). The van der Waals surface area contributed by atoms with Gasteiger partial charge in [0.25, 0.3) is 6.71 Å². The molecule has 0 saturated carbocycles. The first-order valence-electron chi connectivity index (χ1n) is 16.7. The van der Waals surface area contributed by atoms with Gasteiger partial charge in [-0.3, -0.25) is 0 Å². The first kappa shape index (κ1) is 26.2. The Hall–Kier alpha value is -5.02. The fraction of sp³-hybridized carbons (Fsp3) is 0.163. The minimum Gasteiger partial charge on any atom is -0.345 e. The fourth-order valence-electron chi connectivity index (χ4n) is 9.32. The van der Waals surface area contributed by atoms with E-state index < -0.39 is 0 Å². The highest BCUT2D eigenvalue weighted by atomic mass is 15.1. The van der Waals surface area contributed by atoms with E-state index in [1.54, 1.807) is 0 Å². The van der Waals surface area contributed by atoms with E-state index in [1.807, 2.05) is 0 Å². The summed E-state index contributed by atoms with van der Waals surface area (Å²) in [6.45, 7) is 7.25. The zero-order valence-electron chi connectivity index (χ0n) is 26.8. The van der Waals surface area contributed by atoms with Crippen LogP contribution in [0, 0.1) is 5.92 Å². The summed E-state index contributed by atoms with van der Waals surface area (Å²) in [5, 5.41) is 1.33. The van der Waals surface area contributed by atoms with Gasteiger partial charge in [0.1, 0.15) is 0 Å². The van der Waals surface area contributed by atoms with E-state index in [1.165, 1.54) is 89.0 Å². The lowest BCUT2D eigenvalue weighted by Crippen LogP contribution is -2.60. The molecule has 0 amide bonds. The Morgan fingerprint density at radius 1 is 0.739 bits per heavy atom. The SMILES string of the molecule is CC1C=C(c2c(-c3ccccc3)c3cccc4c3n2-c2cccc3c2B4c2ccc4c(c2N3C)-c2ccccc2C4(C)C)C=CC1. The topological polar surface area (TPSA) is 8.17 Å². The molecule has 0 saturated heterocycles. The number of anilines is 2. The quantitative estimate of drug-likeness (QED) is 0.183. The number of rotatable bonds is 2. The van der Waals surface area contributed by atoms with Gasteiger partial charge in [-0.15, -0.1) is 0 Å². The first-order valence-corrected chi connectivity index (χ1v) is 16.7. The van der Waals surface area contributed by atoms with Crippen LogP contribution in [0.5, 0.6) is 0 Å². The monoisotopic (exact) mass is 590 g/mol. The van der Waals surface area contributed by atoms with Gasteiger partial charge in [-0.05, 0) is 68.7 Å². The van der Waals surface area contributed by atoms with Crippen molar-refractivity contribution in [2.24, 2.45) is 5.92 Å². The third kappa shape index (κ3) is 3.18. The van der Waals surface area contributed by atoms with E-state index in [2.05, 4.69) is 159 Å². The highest BCUT2D eigenvalue weighted by Gasteiger charge is 2.45. The second-order valence-electron chi connectivity index (χ2n) is 14.2. The van der Waals surface area contributed by atoms with Gasteiger partial charge >= 0.3 is 0 Å². The van der Waals surface area contributed by atoms with Crippen molar-refractivity contribution in [2.75, 3.05) is 11.9 Å². The highest BCUT2D eigenvalue weighted by molar-refractivity contribution is 7.00. The molecule has 4 aliphatic rings. The summed E-state index contributed by atoms with van der Waals surface area (Å²) in [6, 6.07) is 39.0. The molecule has 1 atom stereocenters. The van der Waals surface area contributed by atoms with E-state index in [9.17, 15) is 0 Å². The number of allylic oxidation sites excluding steroid dienone is 4. The smallest absolute Gasteiger partial charge is 0.252 e. The number of fused-ring (bicyclic) bond motifs is 8. The molecular formula is C43H35BN2. The predicted molar refractivity (Wildman–Crippen MR) is 196 cm³/mol. The summed E-state index contributed by atoms with van der Waals surface area (Å²) in [7, 11) is 2.29. The Labute approximate surface area is 271 Å². The molecule has 5 aromatic carbocycles. The second kappa shape index (κ2) is 9.04. The molecule has 0 fully saturated rings. The summed E-state index contributed by atoms with van der Waals surface area (Å²) < 4.78 is 2.61. The molecule has 2 aliphatic heterocycles. The van der Waals surface area contributed by atoms with Crippen LogP contribution in [0.25, 0.3) is 44.4 Å². The van der Waals surface area contributed by atoms with Crippen LogP contribution in [0.4, 0.5) is 11.4 Å². The van der Waals surface area contributed by atoms with Gasteiger partial charge in [-0.1, -0.05) is 130 Å². The van der Waals surface area contributed by atoms with Crippen LogP contribution in [0.15, 0.2) is 121 Å². The van der Waals surface area contributed by atoms with E-state index in [4.69, 9.17) is 0 Å². The van der Waals surface area contributed by atoms with Crippen molar-refractivity contribution >= 4 is 51.0 Å². The number of hydrogen-bond donors (Lipinski definition) is 0. The average Bonchev–Trinajstić information content (AvgIpc) is 3.55. The molecule has 3 heteroatoms. The predicted octanol–water partition coefficient (Wildman–Crippen LogP) is 8.49. The average molecular weight is 591 g/mol. The van der Waals surface area contributed by atoms with Crippen molar-refractivity contribution in [2.45, 2.75) is 32.6 Å². The lowest BCUT2D eigenvalue weighted by atomic mass is 9.33. The Kier molecular flexibility index (Phi) is 5.15. The van der Waals surface area contributed by atoms with Gasteiger partial charge in [0.05, 0.1) is 5.69 Å². The van der Waals surface area contributed by atoms with Crippen molar-refractivity contribution in [3.8, 4) is 27.9 Å². The zero-order valence-corrected chi connectivity index (χ0v) is 26.8. The van der Waals surface area contributed by atoms with Crippen LogP contribution in [-0.4, -0.2) is 18.3 Å². The van der Waals surface area contributed by atoms with Gasteiger partial charge in [0.2, 0.25) is 0 Å². The van der Waals surface area contributed by atoms with Crippen LogP contribution in [0.3, 0.4) is 0 Å². The Balaban J connectivity index is 1.35. The van der Waals surface area contributed by atoms with Crippen LogP contribution in [-0.2, 0) is 5.41 Å². The van der Waals surface area contributed by atoms with Crippen molar-refractivity contribution < 1.29 is 0 Å². The van der Waals surface area contributed by atoms with Gasteiger partial charge in [-0.25, -0.2) is 0 Å². The van der Waals surface area contributed by atoms with Crippen molar-refractivity contribution in [3.05, 3.63) is 138 Å². The van der Waals surface area contributed by atoms with Crippen LogP contribution in [0.2, 0.25) is 0 Å². The Morgan fingerprint density at radius 2 is 1.52 bits per heavy atom. The van der Waals surface area contributed by atoms with E-state index >= 15 is 0 Å². The summed E-state index contributed by atoms with van der Waals surface area (Å²) in [4.78, 5) is 2.50. The molecule has 1 aromatic heterocycles. The van der Waals surface area contributed by atoms with Crippen LogP contribution >= 0.6 is 0 Å². The molecule has 46 heavy (non-hydrogen) atoms. The third-order valence-corrected chi connectivity index (χ3v) is 11.3. The summed E-state index contributed by atoms with van der Waals surface area (Å²) in [5.41, 5.74) is 20.3. The van der Waals surface area contributed by atoms with Crippen molar-refractivity contribution in [1.82, 2.24) is 4.57 Å². The molecule has 3 heterocycles. The van der Waals surface area contributed by atoms with Gasteiger partial charge in [0.15, 0.2) is 0 Å². The minimum absolute atomic E-state index is 0.0386. The summed E-state index contributed by atoms with van der Waals surface area (Å²) >= 11 is 0. The normalized spacial score (nSPS) is 17.8. The lowest BCUT2D eigenvalue weighted by Gasteiger charge is -2.40. The number of hydrogen-bond acceptors (Lipinski definition) is 1. The Bertz CT molecular complexity index is 2350. The number of para-hydroxylation sites is 1. The molecule has 0 radical (unpaired) electrons. The maximum atomic E-state index is 2.61. The number of aromatic nitrogens is 1. The first-order chi connectivity index (χ1) is 22.4. The van der Waals surface area contributed by atoms with E-state index in [0.29, 0.717) is 5.92 Å². The molecular weight excluding hydrogens is 555 g/mol. The molecule has 0 spiro atoms. The van der Waals surface area contributed by atoms with Crippen LogP contribution in [0.1, 0.15) is 44.0 Å². The number of benzene rings is 5. The van der Waals surface area contributed by atoms with Gasteiger partial charge in [-0.2, -0.15) is 0 Å².